The minimum absolute atomic E-state index is 0.0929. The molecule has 0 unspecified atom stereocenters. The van der Waals surface area contributed by atoms with Crippen LogP contribution in [-0.4, -0.2) is 19.4 Å². The Balaban J connectivity index is 2.62. The second kappa shape index (κ2) is 3.85. The minimum atomic E-state index is -0.407. The summed E-state index contributed by atoms with van der Waals surface area (Å²) in [5, 5.41) is 20.1. The number of nitriles is 1. The molecule has 0 saturated heterocycles. The van der Waals surface area contributed by atoms with E-state index in [9.17, 15) is 10.1 Å². The molecular formula is C10H6N2O2Se. The molecule has 5 heteroatoms. The first-order chi connectivity index (χ1) is 7.22. The molecule has 1 heterocycles. The van der Waals surface area contributed by atoms with Crippen LogP contribution < -0.4 is 0 Å². The van der Waals surface area contributed by atoms with Crippen LogP contribution in [0.25, 0.3) is 9.65 Å². The van der Waals surface area contributed by atoms with Gasteiger partial charge in [-0.15, -0.1) is 0 Å². The van der Waals surface area contributed by atoms with Crippen molar-refractivity contribution in [2.45, 2.75) is 6.42 Å². The molecular weight excluding hydrogens is 259 g/mol. The van der Waals surface area contributed by atoms with E-state index in [1.54, 1.807) is 12.1 Å². The summed E-state index contributed by atoms with van der Waals surface area (Å²) in [6.07, 6.45) is 0.329. The molecule has 0 bridgehead atoms. The van der Waals surface area contributed by atoms with Crippen LogP contribution in [0.15, 0.2) is 23.1 Å². The number of non-ortho nitro benzene ring substituents is 1. The predicted molar refractivity (Wildman–Crippen MR) is 56.9 cm³/mol. The van der Waals surface area contributed by atoms with Gasteiger partial charge in [0.05, 0.1) is 0 Å². The van der Waals surface area contributed by atoms with Crippen molar-refractivity contribution in [2.24, 2.45) is 0 Å². The van der Waals surface area contributed by atoms with Gasteiger partial charge in [-0.2, -0.15) is 0 Å². The van der Waals surface area contributed by atoms with Crippen LogP contribution in [0.3, 0.4) is 0 Å². The van der Waals surface area contributed by atoms with Gasteiger partial charge in [0.2, 0.25) is 0 Å². The van der Waals surface area contributed by atoms with Gasteiger partial charge in [-0.25, -0.2) is 0 Å². The van der Waals surface area contributed by atoms with E-state index in [2.05, 4.69) is 6.07 Å². The van der Waals surface area contributed by atoms with Crippen molar-refractivity contribution in [3.8, 4) is 6.07 Å². The van der Waals surface area contributed by atoms with Gasteiger partial charge in [-0.1, -0.05) is 0 Å². The molecule has 74 valence electrons. The number of nitro benzene ring substituents is 1. The normalized spacial score (nSPS) is 10.1. The van der Waals surface area contributed by atoms with Crippen LogP contribution in [0.2, 0.25) is 0 Å². The Labute approximate surface area is 91.6 Å². The van der Waals surface area contributed by atoms with E-state index < -0.39 is 4.92 Å². The second-order valence-corrected chi connectivity index (χ2v) is 4.95. The van der Waals surface area contributed by atoms with Crippen molar-refractivity contribution in [1.29, 1.82) is 5.26 Å². The molecule has 1 aromatic carbocycles. The third-order valence-electron chi connectivity index (χ3n) is 2.12. The molecule has 4 nitrogen and oxygen atoms in total. The van der Waals surface area contributed by atoms with Gasteiger partial charge in [0.1, 0.15) is 0 Å². The Morgan fingerprint density at radius 3 is 3.00 bits per heavy atom. The molecule has 0 spiro atoms. The van der Waals surface area contributed by atoms with Gasteiger partial charge < -0.3 is 0 Å². The predicted octanol–water partition coefficient (Wildman–Crippen LogP) is 1.87. The van der Waals surface area contributed by atoms with Crippen LogP contribution in [0.1, 0.15) is 5.56 Å². The third-order valence-corrected chi connectivity index (χ3v) is 4.24. The summed E-state index contributed by atoms with van der Waals surface area (Å²) in [4.78, 5) is 12.2. The molecule has 0 radical (unpaired) electrons. The number of benzene rings is 1. The molecule has 2 rings (SSSR count). The third kappa shape index (κ3) is 1.78. The van der Waals surface area contributed by atoms with Gasteiger partial charge in [-0.3, -0.25) is 0 Å². The van der Waals surface area contributed by atoms with Crippen molar-refractivity contribution >= 4 is 29.8 Å². The van der Waals surface area contributed by atoms with Gasteiger partial charge in [0.15, 0.2) is 0 Å². The number of nitro groups is 1. The summed E-state index contributed by atoms with van der Waals surface area (Å²) >= 11 is 0.219. The van der Waals surface area contributed by atoms with E-state index in [4.69, 9.17) is 5.26 Å². The Morgan fingerprint density at radius 1 is 1.53 bits per heavy atom. The molecule has 0 aliphatic rings. The summed E-state index contributed by atoms with van der Waals surface area (Å²) in [5.74, 6) is 0. The number of fused-ring (bicyclic) bond motifs is 1. The summed E-state index contributed by atoms with van der Waals surface area (Å²) in [6, 6.07) is 6.94. The zero-order chi connectivity index (χ0) is 10.8. The monoisotopic (exact) mass is 266 g/mol. The van der Waals surface area contributed by atoms with E-state index in [-0.39, 0.29) is 20.2 Å². The van der Waals surface area contributed by atoms with Crippen molar-refractivity contribution in [1.82, 2.24) is 0 Å². The molecule has 15 heavy (non-hydrogen) atoms. The summed E-state index contributed by atoms with van der Waals surface area (Å²) in [5.41, 5.74) is 1.02. The van der Waals surface area contributed by atoms with Crippen molar-refractivity contribution < 1.29 is 4.92 Å². The first kappa shape index (κ1) is 9.91. The van der Waals surface area contributed by atoms with E-state index in [0.717, 1.165) is 15.2 Å². The van der Waals surface area contributed by atoms with Gasteiger partial charge in [-0.05, 0) is 0 Å². The molecule has 0 saturated carbocycles. The molecule has 0 aliphatic heterocycles. The van der Waals surface area contributed by atoms with Crippen LogP contribution in [-0.2, 0) is 6.42 Å². The number of hydrogen-bond donors (Lipinski definition) is 0. The molecule has 1 aromatic heterocycles. The van der Waals surface area contributed by atoms with E-state index in [0.29, 0.717) is 6.42 Å². The first-order valence-corrected chi connectivity index (χ1v) is 6.08. The maximum atomic E-state index is 10.6. The Bertz CT molecular complexity index is 568. The summed E-state index contributed by atoms with van der Waals surface area (Å²) in [7, 11) is 0. The van der Waals surface area contributed by atoms with E-state index >= 15 is 0 Å². The van der Waals surface area contributed by atoms with Gasteiger partial charge in [0, 0.05) is 0 Å². The van der Waals surface area contributed by atoms with E-state index in [1.807, 2.05) is 4.94 Å². The molecule has 0 amide bonds. The molecule has 0 N–H and O–H groups in total. The van der Waals surface area contributed by atoms with Crippen LogP contribution in [0, 0.1) is 21.4 Å². The number of hydrogen-bond acceptors (Lipinski definition) is 3. The fraction of sp³-hybridized carbons (Fsp3) is 0.100. The van der Waals surface area contributed by atoms with Gasteiger partial charge in [0.25, 0.3) is 0 Å². The standard InChI is InChI=1S/C10H6N2O2Se/c11-4-3-7-6-15-10-2-1-8(12(13)14)5-9(7)10/h1-2,5-6H,3H2. The number of nitrogens with zero attached hydrogens (tertiary/aromatic N) is 2. The average molecular weight is 265 g/mol. The van der Waals surface area contributed by atoms with Crippen molar-refractivity contribution in [2.75, 3.05) is 0 Å². The maximum absolute atomic E-state index is 10.6. The zero-order valence-corrected chi connectivity index (χ0v) is 9.35. The topological polar surface area (TPSA) is 66.9 Å². The molecule has 0 atom stereocenters. The zero-order valence-electron chi connectivity index (χ0n) is 7.64. The second-order valence-electron chi connectivity index (χ2n) is 3.03. The first-order valence-electron chi connectivity index (χ1n) is 4.24. The van der Waals surface area contributed by atoms with Crippen LogP contribution in [0.5, 0.6) is 0 Å². The van der Waals surface area contributed by atoms with Crippen molar-refractivity contribution in [3.63, 3.8) is 0 Å². The number of rotatable bonds is 2. The van der Waals surface area contributed by atoms with E-state index in [1.165, 1.54) is 6.07 Å². The molecule has 0 aliphatic carbocycles. The Kier molecular flexibility index (Phi) is 2.55. The fourth-order valence-electron chi connectivity index (χ4n) is 1.41. The summed E-state index contributed by atoms with van der Waals surface area (Å²) < 4.78 is 1.12. The average Bonchev–Trinajstić information content (AvgIpc) is 2.61. The van der Waals surface area contributed by atoms with Crippen molar-refractivity contribution in [3.05, 3.63) is 38.8 Å². The van der Waals surface area contributed by atoms with Crippen LogP contribution >= 0.6 is 0 Å². The molecule has 0 fully saturated rings. The quantitative estimate of drug-likeness (QED) is 0.473. The Hall–Kier alpha value is -1.63. The Morgan fingerprint density at radius 2 is 2.33 bits per heavy atom. The summed E-state index contributed by atoms with van der Waals surface area (Å²) in [6.45, 7) is 0. The van der Waals surface area contributed by atoms with Crippen LogP contribution in [0.4, 0.5) is 5.69 Å². The van der Waals surface area contributed by atoms with Gasteiger partial charge >= 0.3 is 91.3 Å². The molecule has 2 aromatic rings. The fourth-order valence-corrected chi connectivity index (χ4v) is 3.38. The SMILES string of the molecule is N#CCc1c[se]c2ccc([N+](=O)[O-])cc12.